The van der Waals surface area contributed by atoms with Crippen LogP contribution in [0.3, 0.4) is 0 Å². The monoisotopic (exact) mass is 288 g/mol. The fourth-order valence-electron chi connectivity index (χ4n) is 7.88. The van der Waals surface area contributed by atoms with E-state index in [1.807, 2.05) is 0 Å². The third-order valence-electron chi connectivity index (χ3n) is 9.30. The molecule has 0 heteroatoms. The van der Waals surface area contributed by atoms with Crippen LogP contribution in [-0.4, -0.2) is 0 Å². The van der Waals surface area contributed by atoms with Gasteiger partial charge in [-0.05, 0) is 91.3 Å². The molecule has 4 aliphatic rings. The molecule has 8 atom stereocenters. The van der Waals surface area contributed by atoms with Crippen molar-refractivity contribution < 1.29 is 0 Å². The molecule has 4 saturated carbocycles. The van der Waals surface area contributed by atoms with Crippen LogP contribution in [-0.2, 0) is 0 Å². The van der Waals surface area contributed by atoms with Crippen molar-refractivity contribution in [2.75, 3.05) is 0 Å². The van der Waals surface area contributed by atoms with Crippen molar-refractivity contribution in [2.24, 2.45) is 46.3 Å². The number of hydrogen-bond acceptors (Lipinski definition) is 0. The summed E-state index contributed by atoms with van der Waals surface area (Å²) in [7, 11) is 0. The molecule has 8 unspecified atom stereocenters. The Morgan fingerprint density at radius 1 is 0.714 bits per heavy atom. The third-order valence-corrected chi connectivity index (χ3v) is 9.30. The van der Waals surface area contributed by atoms with Gasteiger partial charge in [0, 0.05) is 0 Å². The average molecular weight is 289 g/mol. The van der Waals surface area contributed by atoms with Gasteiger partial charge in [0.15, 0.2) is 0 Å². The highest BCUT2D eigenvalue weighted by Gasteiger charge is 2.59. The average Bonchev–Trinajstić information content (AvgIpc) is 2.82. The predicted molar refractivity (Wildman–Crippen MR) is 90.1 cm³/mol. The first-order chi connectivity index (χ1) is 9.95. The Morgan fingerprint density at radius 2 is 1.48 bits per heavy atom. The van der Waals surface area contributed by atoms with E-state index in [0.717, 1.165) is 35.5 Å². The maximum Gasteiger partial charge on any atom is -0.0241 e. The largest absolute Gasteiger partial charge is 0.0625 e. The molecule has 4 rings (SSSR count). The Balaban J connectivity index is 1.64. The Kier molecular flexibility index (Phi) is 3.30. The van der Waals surface area contributed by atoms with Crippen molar-refractivity contribution in [3.63, 3.8) is 0 Å². The minimum Gasteiger partial charge on any atom is -0.0625 e. The molecule has 21 heavy (non-hydrogen) atoms. The minimum atomic E-state index is 0.656. The van der Waals surface area contributed by atoms with Crippen LogP contribution in [0.4, 0.5) is 0 Å². The van der Waals surface area contributed by atoms with Crippen molar-refractivity contribution in [3.05, 3.63) is 0 Å². The molecule has 0 heterocycles. The number of fused-ring (bicyclic) bond motifs is 5. The summed E-state index contributed by atoms with van der Waals surface area (Å²) in [5, 5.41) is 0. The molecule has 0 aliphatic heterocycles. The fourth-order valence-corrected chi connectivity index (χ4v) is 7.88. The van der Waals surface area contributed by atoms with Crippen LogP contribution in [0.25, 0.3) is 0 Å². The van der Waals surface area contributed by atoms with E-state index < -0.39 is 0 Å². The Labute approximate surface area is 132 Å². The van der Waals surface area contributed by atoms with Crippen molar-refractivity contribution in [3.8, 4) is 0 Å². The highest BCUT2D eigenvalue weighted by atomic mass is 14.6. The van der Waals surface area contributed by atoms with Gasteiger partial charge >= 0.3 is 0 Å². The molecule has 0 aromatic rings. The molecular formula is C21H36. The first-order valence-electron chi connectivity index (χ1n) is 9.95. The lowest BCUT2D eigenvalue weighted by Gasteiger charge is -2.64. The van der Waals surface area contributed by atoms with E-state index in [-0.39, 0.29) is 0 Å². The second-order valence-corrected chi connectivity index (χ2v) is 10.1. The lowest BCUT2D eigenvalue weighted by Crippen LogP contribution is -2.56. The molecule has 0 spiro atoms. The first kappa shape index (κ1) is 14.6. The highest BCUT2D eigenvalue weighted by Crippen LogP contribution is 2.68. The maximum absolute atomic E-state index is 2.72. The summed E-state index contributed by atoms with van der Waals surface area (Å²) >= 11 is 0. The van der Waals surface area contributed by atoms with E-state index in [9.17, 15) is 0 Å². The van der Waals surface area contributed by atoms with E-state index in [4.69, 9.17) is 0 Å². The molecule has 0 aromatic heterocycles. The van der Waals surface area contributed by atoms with Gasteiger partial charge in [-0.2, -0.15) is 0 Å². The van der Waals surface area contributed by atoms with Gasteiger partial charge in [0.2, 0.25) is 0 Å². The SMILES string of the molecule is CC1CCC2(C)C3CCC4C(C)CCC4C3CCC2(C)C1. The summed E-state index contributed by atoms with van der Waals surface area (Å²) in [6, 6.07) is 0. The van der Waals surface area contributed by atoms with Crippen molar-refractivity contribution in [1.29, 1.82) is 0 Å². The number of hydrogen-bond donors (Lipinski definition) is 0. The topological polar surface area (TPSA) is 0 Å². The van der Waals surface area contributed by atoms with Gasteiger partial charge in [-0.3, -0.25) is 0 Å². The molecule has 0 bridgehead atoms. The Hall–Kier alpha value is 0. The molecule has 4 fully saturated rings. The molecule has 0 saturated heterocycles. The van der Waals surface area contributed by atoms with Crippen LogP contribution in [0.1, 0.15) is 85.5 Å². The van der Waals surface area contributed by atoms with Crippen molar-refractivity contribution >= 4 is 0 Å². The second kappa shape index (κ2) is 4.75. The van der Waals surface area contributed by atoms with Crippen LogP contribution >= 0.6 is 0 Å². The fraction of sp³-hybridized carbons (Fsp3) is 1.00. The van der Waals surface area contributed by atoms with Gasteiger partial charge in [-0.1, -0.05) is 40.5 Å². The highest BCUT2D eigenvalue weighted by molar-refractivity contribution is 5.09. The van der Waals surface area contributed by atoms with Crippen LogP contribution in [0.15, 0.2) is 0 Å². The lowest BCUT2D eigenvalue weighted by molar-refractivity contribution is -0.146. The summed E-state index contributed by atoms with van der Waals surface area (Å²) in [5.41, 5.74) is 1.32. The minimum absolute atomic E-state index is 0.656. The molecule has 4 aliphatic carbocycles. The van der Waals surface area contributed by atoms with E-state index >= 15 is 0 Å². The van der Waals surface area contributed by atoms with Gasteiger partial charge in [-0.15, -0.1) is 0 Å². The molecule has 120 valence electrons. The van der Waals surface area contributed by atoms with Crippen LogP contribution < -0.4 is 0 Å². The second-order valence-electron chi connectivity index (χ2n) is 10.1. The smallest absolute Gasteiger partial charge is 0.0241 e. The molecule has 0 nitrogen and oxygen atoms in total. The lowest BCUT2D eigenvalue weighted by atomic mass is 9.41. The van der Waals surface area contributed by atoms with Gasteiger partial charge < -0.3 is 0 Å². The first-order valence-corrected chi connectivity index (χ1v) is 9.95. The van der Waals surface area contributed by atoms with Gasteiger partial charge in [-0.25, -0.2) is 0 Å². The third kappa shape index (κ3) is 1.93. The van der Waals surface area contributed by atoms with Gasteiger partial charge in [0.05, 0.1) is 0 Å². The number of rotatable bonds is 0. The van der Waals surface area contributed by atoms with E-state index in [2.05, 4.69) is 27.7 Å². The molecule has 0 N–H and O–H groups in total. The molecule has 0 aromatic carbocycles. The quantitative estimate of drug-likeness (QED) is 0.490. The zero-order valence-corrected chi connectivity index (χ0v) is 14.8. The van der Waals surface area contributed by atoms with Gasteiger partial charge in [0.1, 0.15) is 0 Å². The van der Waals surface area contributed by atoms with Crippen molar-refractivity contribution in [2.45, 2.75) is 85.5 Å². The van der Waals surface area contributed by atoms with Crippen LogP contribution in [0.5, 0.6) is 0 Å². The summed E-state index contributed by atoms with van der Waals surface area (Å²) in [4.78, 5) is 0. The van der Waals surface area contributed by atoms with Crippen LogP contribution in [0, 0.1) is 46.3 Å². The summed E-state index contributed by atoms with van der Waals surface area (Å²) < 4.78 is 0. The zero-order valence-electron chi connectivity index (χ0n) is 14.8. The van der Waals surface area contributed by atoms with E-state index in [0.29, 0.717) is 10.8 Å². The standard InChI is InChI=1S/C21H36/c1-14-9-12-21(4)19-8-7-16-15(2)5-6-17(16)18(19)10-11-20(21,3)13-14/h14-19H,5-13H2,1-4H3. The molecular weight excluding hydrogens is 252 g/mol. The molecule has 0 radical (unpaired) electrons. The van der Waals surface area contributed by atoms with Gasteiger partial charge in [0.25, 0.3) is 0 Å². The molecule has 0 amide bonds. The van der Waals surface area contributed by atoms with E-state index in [1.54, 1.807) is 25.7 Å². The van der Waals surface area contributed by atoms with E-state index in [1.165, 1.54) is 32.1 Å². The zero-order chi connectivity index (χ0) is 14.8. The Bertz CT molecular complexity index is 412. The summed E-state index contributed by atoms with van der Waals surface area (Å²) in [6.45, 7) is 10.4. The maximum atomic E-state index is 2.72. The Morgan fingerprint density at radius 3 is 2.29 bits per heavy atom. The summed E-state index contributed by atoms with van der Waals surface area (Å²) in [6.07, 6.45) is 13.9. The normalized spacial score (nSPS) is 60.0. The summed E-state index contributed by atoms with van der Waals surface area (Å²) in [5.74, 6) is 6.38. The predicted octanol–water partition coefficient (Wildman–Crippen LogP) is 6.30. The van der Waals surface area contributed by atoms with Crippen LogP contribution in [0.2, 0.25) is 0 Å². The van der Waals surface area contributed by atoms with Crippen molar-refractivity contribution in [1.82, 2.24) is 0 Å².